The molecular weight excluding hydrogens is 268 g/mol. The molecule has 0 fully saturated rings. The van der Waals surface area contributed by atoms with E-state index in [0.29, 0.717) is 11.1 Å². The zero-order valence-corrected chi connectivity index (χ0v) is 12.3. The first-order valence-corrected chi connectivity index (χ1v) is 7.35. The fraction of sp³-hybridized carbons (Fsp3) is 0.333. The standard InChI is InChI=1S/C18H19F2N/c1-11-9-17(20)15(10-16(11)19)12(2)21-18-8-7-13-5-3-4-6-14(13)18/h3-6,9-10,12,18,21H,7-8H2,1-2H3. The number of nitrogens with one attached hydrogen (secondary N) is 1. The number of rotatable bonds is 3. The largest absolute Gasteiger partial charge is 0.303 e. The van der Waals surface area contributed by atoms with E-state index in [-0.39, 0.29) is 23.7 Å². The highest BCUT2D eigenvalue weighted by Crippen LogP contribution is 2.33. The molecule has 2 aromatic carbocycles. The number of halogens is 2. The molecule has 0 heterocycles. The molecule has 0 bridgehead atoms. The number of aryl methyl sites for hydroxylation is 2. The van der Waals surface area contributed by atoms with Gasteiger partial charge >= 0.3 is 0 Å². The van der Waals surface area contributed by atoms with Crippen LogP contribution in [0.5, 0.6) is 0 Å². The Labute approximate surface area is 124 Å². The fourth-order valence-corrected chi connectivity index (χ4v) is 3.12. The van der Waals surface area contributed by atoms with Crippen LogP contribution in [0.1, 0.15) is 47.7 Å². The lowest BCUT2D eigenvalue weighted by Crippen LogP contribution is -2.24. The molecule has 0 saturated heterocycles. The lowest BCUT2D eigenvalue weighted by Gasteiger charge is -2.21. The monoisotopic (exact) mass is 287 g/mol. The van der Waals surface area contributed by atoms with Crippen LogP contribution in [-0.2, 0) is 6.42 Å². The third-order valence-corrected chi connectivity index (χ3v) is 4.33. The Kier molecular flexibility index (Phi) is 3.77. The van der Waals surface area contributed by atoms with Gasteiger partial charge in [0.05, 0.1) is 0 Å². The van der Waals surface area contributed by atoms with Gasteiger partial charge in [-0.3, -0.25) is 0 Å². The Hall–Kier alpha value is -1.74. The Morgan fingerprint density at radius 1 is 1.14 bits per heavy atom. The third-order valence-electron chi connectivity index (χ3n) is 4.33. The van der Waals surface area contributed by atoms with E-state index in [1.165, 1.54) is 23.3 Å². The number of hydrogen-bond donors (Lipinski definition) is 1. The minimum Gasteiger partial charge on any atom is -0.303 e. The van der Waals surface area contributed by atoms with Crippen molar-refractivity contribution in [3.05, 3.63) is 70.3 Å². The first-order valence-electron chi connectivity index (χ1n) is 7.35. The highest BCUT2D eigenvalue weighted by molar-refractivity contribution is 5.35. The van der Waals surface area contributed by atoms with Crippen molar-refractivity contribution in [2.75, 3.05) is 0 Å². The predicted octanol–water partition coefficient (Wildman–Crippen LogP) is 4.61. The first-order chi connectivity index (χ1) is 10.1. The molecule has 0 aromatic heterocycles. The van der Waals surface area contributed by atoms with E-state index >= 15 is 0 Å². The van der Waals surface area contributed by atoms with Crippen molar-refractivity contribution in [2.24, 2.45) is 0 Å². The molecule has 0 spiro atoms. The molecule has 0 radical (unpaired) electrons. The van der Waals surface area contributed by atoms with Gasteiger partial charge in [0.2, 0.25) is 0 Å². The summed E-state index contributed by atoms with van der Waals surface area (Å²) in [6.45, 7) is 3.46. The van der Waals surface area contributed by atoms with Crippen molar-refractivity contribution >= 4 is 0 Å². The van der Waals surface area contributed by atoms with Gasteiger partial charge in [-0.2, -0.15) is 0 Å². The summed E-state index contributed by atoms with van der Waals surface area (Å²) in [5, 5.41) is 3.43. The smallest absolute Gasteiger partial charge is 0.128 e. The van der Waals surface area contributed by atoms with Gasteiger partial charge in [0, 0.05) is 17.6 Å². The second-order valence-corrected chi connectivity index (χ2v) is 5.80. The quantitative estimate of drug-likeness (QED) is 0.869. The zero-order valence-electron chi connectivity index (χ0n) is 12.3. The summed E-state index contributed by atoms with van der Waals surface area (Å²) in [4.78, 5) is 0. The van der Waals surface area contributed by atoms with Gasteiger partial charge in [0.1, 0.15) is 11.6 Å². The van der Waals surface area contributed by atoms with Crippen LogP contribution >= 0.6 is 0 Å². The van der Waals surface area contributed by atoms with Crippen LogP contribution < -0.4 is 5.32 Å². The van der Waals surface area contributed by atoms with E-state index < -0.39 is 0 Å². The molecule has 110 valence electrons. The molecule has 0 saturated carbocycles. The van der Waals surface area contributed by atoms with Crippen LogP contribution in [-0.4, -0.2) is 0 Å². The number of fused-ring (bicyclic) bond motifs is 1. The van der Waals surface area contributed by atoms with Crippen molar-refractivity contribution in [2.45, 2.75) is 38.8 Å². The van der Waals surface area contributed by atoms with Crippen LogP contribution in [0, 0.1) is 18.6 Å². The Morgan fingerprint density at radius 2 is 1.90 bits per heavy atom. The van der Waals surface area contributed by atoms with Crippen molar-refractivity contribution < 1.29 is 8.78 Å². The Bertz CT molecular complexity index is 666. The Balaban J connectivity index is 1.82. The highest BCUT2D eigenvalue weighted by atomic mass is 19.1. The summed E-state index contributed by atoms with van der Waals surface area (Å²) >= 11 is 0. The second-order valence-electron chi connectivity index (χ2n) is 5.80. The summed E-state index contributed by atoms with van der Waals surface area (Å²) in [5.41, 5.74) is 3.35. The van der Waals surface area contributed by atoms with Crippen LogP contribution in [0.15, 0.2) is 36.4 Å². The summed E-state index contributed by atoms with van der Waals surface area (Å²) in [6.07, 6.45) is 2.03. The maximum atomic E-state index is 14.0. The lowest BCUT2D eigenvalue weighted by atomic mass is 10.0. The second kappa shape index (κ2) is 5.57. The minimum atomic E-state index is -0.355. The van der Waals surface area contributed by atoms with Gasteiger partial charge in [-0.05, 0) is 55.5 Å². The maximum Gasteiger partial charge on any atom is 0.128 e. The molecule has 0 amide bonds. The minimum absolute atomic E-state index is 0.208. The van der Waals surface area contributed by atoms with Crippen molar-refractivity contribution in [3.63, 3.8) is 0 Å². The normalized spacial score (nSPS) is 18.6. The fourth-order valence-electron chi connectivity index (χ4n) is 3.12. The highest BCUT2D eigenvalue weighted by Gasteiger charge is 2.24. The van der Waals surface area contributed by atoms with E-state index in [1.54, 1.807) is 6.92 Å². The van der Waals surface area contributed by atoms with Gasteiger partial charge in [-0.15, -0.1) is 0 Å². The summed E-state index contributed by atoms with van der Waals surface area (Å²) < 4.78 is 27.7. The van der Waals surface area contributed by atoms with Gasteiger partial charge in [0.15, 0.2) is 0 Å². The van der Waals surface area contributed by atoms with E-state index in [0.717, 1.165) is 12.8 Å². The first kappa shape index (κ1) is 14.2. The van der Waals surface area contributed by atoms with Crippen LogP contribution in [0.3, 0.4) is 0 Å². The summed E-state index contributed by atoms with van der Waals surface area (Å²) in [7, 11) is 0. The molecule has 1 aliphatic rings. The number of benzene rings is 2. The molecule has 0 aliphatic heterocycles. The summed E-state index contributed by atoms with van der Waals surface area (Å²) in [5.74, 6) is -0.702. The Morgan fingerprint density at radius 3 is 2.71 bits per heavy atom. The van der Waals surface area contributed by atoms with Gasteiger partial charge in [0.25, 0.3) is 0 Å². The molecule has 1 N–H and O–H groups in total. The SMILES string of the molecule is Cc1cc(F)c(C(C)NC2CCc3ccccc32)cc1F. The molecule has 21 heavy (non-hydrogen) atoms. The average Bonchev–Trinajstić information content (AvgIpc) is 2.86. The lowest BCUT2D eigenvalue weighted by molar-refractivity contribution is 0.446. The zero-order chi connectivity index (χ0) is 15.0. The van der Waals surface area contributed by atoms with Crippen molar-refractivity contribution in [1.29, 1.82) is 0 Å². The molecule has 3 heteroatoms. The van der Waals surface area contributed by atoms with Crippen molar-refractivity contribution in [3.8, 4) is 0 Å². The number of hydrogen-bond acceptors (Lipinski definition) is 1. The predicted molar refractivity (Wildman–Crippen MR) is 80.1 cm³/mol. The maximum absolute atomic E-state index is 14.0. The molecule has 2 unspecified atom stereocenters. The van der Waals surface area contributed by atoms with Gasteiger partial charge in [-0.1, -0.05) is 24.3 Å². The molecular formula is C18H19F2N. The molecule has 3 rings (SSSR count). The molecule has 2 aromatic rings. The molecule has 1 aliphatic carbocycles. The van der Waals surface area contributed by atoms with Crippen molar-refractivity contribution in [1.82, 2.24) is 5.32 Å². The van der Waals surface area contributed by atoms with Crippen LogP contribution in [0.25, 0.3) is 0 Å². The van der Waals surface area contributed by atoms with E-state index in [9.17, 15) is 8.78 Å². The van der Waals surface area contributed by atoms with E-state index in [4.69, 9.17) is 0 Å². The average molecular weight is 287 g/mol. The van der Waals surface area contributed by atoms with Gasteiger partial charge in [-0.25, -0.2) is 8.78 Å². The topological polar surface area (TPSA) is 12.0 Å². The van der Waals surface area contributed by atoms with E-state index in [1.807, 2.05) is 19.1 Å². The van der Waals surface area contributed by atoms with Crippen LogP contribution in [0.4, 0.5) is 8.78 Å². The van der Waals surface area contributed by atoms with Crippen LogP contribution in [0.2, 0.25) is 0 Å². The van der Waals surface area contributed by atoms with Gasteiger partial charge < -0.3 is 5.32 Å². The van der Waals surface area contributed by atoms with E-state index in [2.05, 4.69) is 17.4 Å². The summed E-state index contributed by atoms with van der Waals surface area (Å²) in [6, 6.07) is 10.9. The third kappa shape index (κ3) is 2.70. The molecule has 2 atom stereocenters. The molecule has 1 nitrogen and oxygen atoms in total.